The molecule has 0 saturated carbocycles. The van der Waals surface area contributed by atoms with Crippen LogP contribution in [0.15, 0.2) is 29.3 Å². The Morgan fingerprint density at radius 1 is 1.27 bits per heavy atom. The van der Waals surface area contributed by atoms with Gasteiger partial charge < -0.3 is 20.1 Å². The maximum atomic E-state index is 5.76. The molecular weight excluding hydrogens is 328 g/mol. The van der Waals surface area contributed by atoms with Gasteiger partial charge in [-0.25, -0.2) is 0 Å². The van der Waals surface area contributed by atoms with Gasteiger partial charge >= 0.3 is 0 Å². The van der Waals surface area contributed by atoms with Crippen molar-refractivity contribution in [1.82, 2.24) is 15.5 Å². The van der Waals surface area contributed by atoms with Crippen molar-refractivity contribution in [2.75, 3.05) is 52.5 Å². The summed E-state index contributed by atoms with van der Waals surface area (Å²) in [6.45, 7) is 11.6. The Morgan fingerprint density at radius 2 is 2.08 bits per heavy atom. The van der Waals surface area contributed by atoms with Crippen LogP contribution in [-0.2, 0) is 4.74 Å². The summed E-state index contributed by atoms with van der Waals surface area (Å²) in [6, 6.07) is 8.51. The van der Waals surface area contributed by atoms with Gasteiger partial charge in [-0.2, -0.15) is 0 Å². The van der Waals surface area contributed by atoms with E-state index in [0.717, 1.165) is 70.7 Å². The van der Waals surface area contributed by atoms with E-state index in [4.69, 9.17) is 14.5 Å². The first-order chi connectivity index (χ1) is 12.8. The molecule has 0 aliphatic carbocycles. The molecule has 2 aliphatic heterocycles. The molecule has 2 N–H and O–H groups in total. The van der Waals surface area contributed by atoms with E-state index in [1.165, 1.54) is 5.56 Å². The molecule has 144 valence electrons. The first-order valence-corrected chi connectivity index (χ1v) is 9.83. The minimum absolute atomic E-state index is 0.243. The van der Waals surface area contributed by atoms with Crippen LogP contribution in [0.2, 0.25) is 0 Å². The van der Waals surface area contributed by atoms with Crippen LogP contribution in [0, 0.1) is 5.92 Å². The van der Waals surface area contributed by atoms with Crippen LogP contribution in [-0.4, -0.2) is 63.4 Å². The smallest absolute Gasteiger partial charge is 0.191 e. The molecule has 0 bridgehead atoms. The van der Waals surface area contributed by atoms with E-state index < -0.39 is 0 Å². The highest BCUT2D eigenvalue weighted by Gasteiger charge is 2.22. The average molecular weight is 361 g/mol. The highest BCUT2D eigenvalue weighted by molar-refractivity contribution is 5.80. The van der Waals surface area contributed by atoms with Crippen molar-refractivity contribution in [3.8, 4) is 5.75 Å². The molecule has 1 fully saturated rings. The molecular formula is C20H32N4O2. The van der Waals surface area contributed by atoms with E-state index in [1.54, 1.807) is 0 Å². The van der Waals surface area contributed by atoms with E-state index in [0.29, 0.717) is 5.92 Å². The minimum Gasteiger partial charge on any atom is -0.493 e. The molecule has 0 spiro atoms. The van der Waals surface area contributed by atoms with Gasteiger partial charge in [-0.05, 0) is 18.9 Å². The summed E-state index contributed by atoms with van der Waals surface area (Å²) in [5, 5.41) is 6.98. The summed E-state index contributed by atoms with van der Waals surface area (Å²) >= 11 is 0. The van der Waals surface area contributed by atoms with Crippen LogP contribution in [0.3, 0.4) is 0 Å². The lowest BCUT2D eigenvalue weighted by atomic mass is 10.0. The lowest BCUT2D eigenvalue weighted by Gasteiger charge is -2.29. The topological polar surface area (TPSA) is 58.1 Å². The van der Waals surface area contributed by atoms with Crippen LogP contribution in [0.1, 0.15) is 31.9 Å². The largest absolute Gasteiger partial charge is 0.493 e. The first kappa shape index (κ1) is 19.0. The SMILES string of the molecule is CCNC(=NCC(C)CN1CCOCC1)NC1CCOc2ccccc21. The van der Waals surface area contributed by atoms with Crippen molar-refractivity contribution in [2.45, 2.75) is 26.3 Å². The normalized spacial score (nSPS) is 22.2. The van der Waals surface area contributed by atoms with Crippen molar-refractivity contribution in [3.63, 3.8) is 0 Å². The van der Waals surface area contributed by atoms with Crippen LogP contribution < -0.4 is 15.4 Å². The molecule has 0 radical (unpaired) electrons. The van der Waals surface area contributed by atoms with E-state index in [2.05, 4.69) is 41.5 Å². The van der Waals surface area contributed by atoms with E-state index >= 15 is 0 Å². The fourth-order valence-electron chi connectivity index (χ4n) is 3.51. The average Bonchev–Trinajstić information content (AvgIpc) is 2.67. The molecule has 0 amide bonds. The lowest BCUT2D eigenvalue weighted by Crippen LogP contribution is -2.42. The number of hydrogen-bond donors (Lipinski definition) is 2. The van der Waals surface area contributed by atoms with Crippen molar-refractivity contribution in [3.05, 3.63) is 29.8 Å². The van der Waals surface area contributed by atoms with Gasteiger partial charge in [-0.3, -0.25) is 9.89 Å². The number of para-hydroxylation sites is 1. The van der Waals surface area contributed by atoms with Crippen molar-refractivity contribution >= 4 is 5.96 Å². The molecule has 6 heteroatoms. The van der Waals surface area contributed by atoms with E-state index in [1.807, 2.05) is 12.1 Å². The van der Waals surface area contributed by atoms with Crippen molar-refractivity contribution < 1.29 is 9.47 Å². The molecule has 2 unspecified atom stereocenters. The molecule has 1 saturated heterocycles. The third-order valence-corrected chi connectivity index (χ3v) is 4.85. The zero-order valence-electron chi connectivity index (χ0n) is 16.0. The molecule has 2 aliphatic rings. The Balaban J connectivity index is 1.57. The Labute approximate surface area is 157 Å². The number of nitrogens with zero attached hydrogens (tertiary/aromatic N) is 2. The molecule has 6 nitrogen and oxygen atoms in total. The molecule has 1 aromatic carbocycles. The van der Waals surface area contributed by atoms with Gasteiger partial charge in [0.2, 0.25) is 0 Å². The van der Waals surface area contributed by atoms with Gasteiger partial charge in [0.15, 0.2) is 5.96 Å². The fourth-order valence-corrected chi connectivity index (χ4v) is 3.51. The maximum Gasteiger partial charge on any atom is 0.191 e. The van der Waals surface area contributed by atoms with E-state index in [9.17, 15) is 0 Å². The molecule has 0 aromatic heterocycles. The van der Waals surface area contributed by atoms with Gasteiger partial charge in [0.25, 0.3) is 0 Å². The van der Waals surface area contributed by atoms with E-state index in [-0.39, 0.29) is 6.04 Å². The number of guanidine groups is 1. The number of fused-ring (bicyclic) bond motifs is 1. The predicted octanol–water partition coefficient (Wildman–Crippen LogP) is 2.03. The van der Waals surface area contributed by atoms with Gasteiger partial charge in [0.1, 0.15) is 5.75 Å². The first-order valence-electron chi connectivity index (χ1n) is 9.83. The summed E-state index contributed by atoms with van der Waals surface area (Å²) in [6.07, 6.45) is 0.949. The lowest BCUT2D eigenvalue weighted by molar-refractivity contribution is 0.0323. The second kappa shape index (κ2) is 9.78. The van der Waals surface area contributed by atoms with Gasteiger partial charge in [-0.15, -0.1) is 0 Å². The van der Waals surface area contributed by atoms with Gasteiger partial charge in [-0.1, -0.05) is 25.1 Å². The van der Waals surface area contributed by atoms with Crippen molar-refractivity contribution in [1.29, 1.82) is 0 Å². The fraction of sp³-hybridized carbons (Fsp3) is 0.650. The van der Waals surface area contributed by atoms with Crippen LogP contribution in [0.4, 0.5) is 0 Å². The third kappa shape index (κ3) is 5.35. The zero-order valence-corrected chi connectivity index (χ0v) is 16.0. The Morgan fingerprint density at radius 3 is 2.88 bits per heavy atom. The highest BCUT2D eigenvalue weighted by atomic mass is 16.5. The second-order valence-electron chi connectivity index (χ2n) is 7.11. The number of hydrogen-bond acceptors (Lipinski definition) is 4. The summed E-state index contributed by atoms with van der Waals surface area (Å²) in [7, 11) is 0. The van der Waals surface area contributed by atoms with Crippen LogP contribution in [0.5, 0.6) is 5.75 Å². The summed E-state index contributed by atoms with van der Waals surface area (Å²) < 4.78 is 11.2. The molecule has 2 atom stereocenters. The van der Waals surface area contributed by atoms with Crippen LogP contribution >= 0.6 is 0 Å². The quantitative estimate of drug-likeness (QED) is 0.601. The van der Waals surface area contributed by atoms with Crippen molar-refractivity contribution in [2.24, 2.45) is 10.9 Å². The zero-order chi connectivity index (χ0) is 18.2. The molecule has 26 heavy (non-hydrogen) atoms. The number of ether oxygens (including phenoxy) is 2. The number of morpholine rings is 1. The number of aliphatic imine (C=N–C) groups is 1. The second-order valence-corrected chi connectivity index (χ2v) is 7.11. The number of rotatable bonds is 6. The Kier molecular flexibility index (Phi) is 7.14. The number of nitrogens with one attached hydrogen (secondary N) is 2. The predicted molar refractivity (Wildman–Crippen MR) is 105 cm³/mol. The summed E-state index contributed by atoms with van der Waals surface area (Å²) in [5.74, 6) is 2.39. The summed E-state index contributed by atoms with van der Waals surface area (Å²) in [5.41, 5.74) is 1.21. The third-order valence-electron chi connectivity index (χ3n) is 4.85. The molecule has 1 aromatic rings. The molecule has 2 heterocycles. The van der Waals surface area contributed by atoms with Crippen LogP contribution in [0.25, 0.3) is 0 Å². The van der Waals surface area contributed by atoms with Gasteiger partial charge in [0, 0.05) is 44.7 Å². The Bertz CT molecular complexity index is 587. The standard InChI is InChI=1S/C20H32N4O2/c1-3-21-20(22-14-16(2)15-24-9-12-25-13-10-24)23-18-8-11-26-19-7-5-4-6-17(18)19/h4-7,16,18H,3,8-15H2,1-2H3,(H2,21,22,23). The Hall–Kier alpha value is -1.79. The molecule has 3 rings (SSSR count). The maximum absolute atomic E-state index is 5.76. The summed E-state index contributed by atoms with van der Waals surface area (Å²) in [4.78, 5) is 7.31. The minimum atomic E-state index is 0.243. The number of benzene rings is 1. The van der Waals surface area contributed by atoms with Gasteiger partial charge in [0.05, 0.1) is 25.9 Å². The monoisotopic (exact) mass is 360 g/mol. The highest BCUT2D eigenvalue weighted by Crippen LogP contribution is 2.31.